The fraction of sp³-hybridized carbons (Fsp3) is 0.500. The molecule has 0 unspecified atom stereocenters. The van der Waals surface area contributed by atoms with E-state index in [2.05, 4.69) is 20.8 Å². The van der Waals surface area contributed by atoms with E-state index in [-0.39, 0.29) is 11.2 Å². The maximum Gasteiger partial charge on any atom is 0.224 e. The molecule has 1 aliphatic carbocycles. The Balaban J connectivity index is 2.42. The number of allylic oxidation sites excluding steroid dienone is 2. The van der Waals surface area contributed by atoms with Gasteiger partial charge in [0.25, 0.3) is 0 Å². The first kappa shape index (κ1) is 11.2. The summed E-state index contributed by atoms with van der Waals surface area (Å²) >= 11 is 0. The second-order valence-corrected chi connectivity index (χ2v) is 5.20. The zero-order chi connectivity index (χ0) is 11.8. The van der Waals surface area contributed by atoms with Crippen LogP contribution in [0.3, 0.4) is 0 Å². The van der Waals surface area contributed by atoms with Gasteiger partial charge in [0.1, 0.15) is 0 Å². The number of hydrogen-bond donors (Lipinski definition) is 0. The van der Waals surface area contributed by atoms with Gasteiger partial charge >= 0.3 is 0 Å². The lowest BCUT2D eigenvalue weighted by Gasteiger charge is -2.33. The maximum atomic E-state index is 12.3. The van der Waals surface area contributed by atoms with Gasteiger partial charge < -0.3 is 4.42 Å². The average Bonchev–Trinajstić information content (AvgIpc) is 2.68. The van der Waals surface area contributed by atoms with Crippen LogP contribution in [-0.4, -0.2) is 5.78 Å². The molecular weight excluding hydrogens is 200 g/mol. The highest BCUT2D eigenvalue weighted by Gasteiger charge is 2.34. The Morgan fingerprint density at radius 2 is 2.19 bits per heavy atom. The molecular formula is C14H18O2. The first-order valence-electron chi connectivity index (χ1n) is 5.81. The summed E-state index contributed by atoms with van der Waals surface area (Å²) in [5, 5.41) is 0. The fourth-order valence-corrected chi connectivity index (χ4v) is 2.66. The topological polar surface area (TPSA) is 30.2 Å². The molecule has 2 nitrogen and oxygen atoms in total. The lowest BCUT2D eigenvalue weighted by molar-refractivity contribution is 0.0971. The summed E-state index contributed by atoms with van der Waals surface area (Å²) in [4.78, 5) is 12.3. The van der Waals surface area contributed by atoms with Gasteiger partial charge in [0, 0.05) is 5.57 Å². The molecule has 0 saturated heterocycles. The number of ketones is 1. The standard InChI is InChI=1S/C14H18O2/c1-10-6-4-8-14(2,3)12(10)13(15)11-7-5-9-16-11/h5,7,9H,4,6,8H2,1-3H3. The Kier molecular flexibility index (Phi) is 2.75. The van der Waals surface area contributed by atoms with Crippen LogP contribution in [-0.2, 0) is 0 Å². The normalized spacial score (nSPS) is 19.9. The monoisotopic (exact) mass is 218 g/mol. The van der Waals surface area contributed by atoms with E-state index >= 15 is 0 Å². The molecule has 0 fully saturated rings. The number of carbonyl (C=O) groups excluding carboxylic acids is 1. The second-order valence-electron chi connectivity index (χ2n) is 5.20. The molecule has 2 heteroatoms. The van der Waals surface area contributed by atoms with Crippen LogP contribution in [0.25, 0.3) is 0 Å². The van der Waals surface area contributed by atoms with E-state index < -0.39 is 0 Å². The van der Waals surface area contributed by atoms with Gasteiger partial charge in [0.15, 0.2) is 5.76 Å². The van der Waals surface area contributed by atoms with Gasteiger partial charge in [-0.1, -0.05) is 19.4 Å². The van der Waals surface area contributed by atoms with Gasteiger partial charge in [-0.25, -0.2) is 0 Å². The summed E-state index contributed by atoms with van der Waals surface area (Å²) in [5.41, 5.74) is 2.15. The lowest BCUT2D eigenvalue weighted by Crippen LogP contribution is -2.26. The molecule has 0 saturated carbocycles. The third kappa shape index (κ3) is 1.84. The molecule has 1 aliphatic rings. The van der Waals surface area contributed by atoms with Crippen LogP contribution >= 0.6 is 0 Å². The molecule has 0 bridgehead atoms. The number of Topliss-reactive ketones (excluding diaryl/α,β-unsaturated/α-hetero) is 1. The largest absolute Gasteiger partial charge is 0.461 e. The highest BCUT2D eigenvalue weighted by molar-refractivity contribution is 6.08. The van der Waals surface area contributed by atoms with E-state index in [1.807, 2.05) is 0 Å². The Hall–Kier alpha value is -1.31. The number of carbonyl (C=O) groups is 1. The zero-order valence-corrected chi connectivity index (χ0v) is 10.2. The van der Waals surface area contributed by atoms with Crippen LogP contribution < -0.4 is 0 Å². The van der Waals surface area contributed by atoms with Crippen molar-refractivity contribution >= 4 is 5.78 Å². The minimum atomic E-state index is -0.0216. The van der Waals surface area contributed by atoms with Gasteiger partial charge in [-0.05, 0) is 43.7 Å². The molecule has 0 aromatic carbocycles. The molecule has 0 atom stereocenters. The van der Waals surface area contributed by atoms with E-state index in [0.717, 1.165) is 18.4 Å². The van der Waals surface area contributed by atoms with Crippen LogP contribution in [0, 0.1) is 5.41 Å². The summed E-state index contributed by atoms with van der Waals surface area (Å²) < 4.78 is 5.21. The first-order chi connectivity index (χ1) is 7.52. The molecule has 0 N–H and O–H groups in total. The van der Waals surface area contributed by atoms with Crippen molar-refractivity contribution < 1.29 is 9.21 Å². The lowest BCUT2D eigenvalue weighted by atomic mass is 9.71. The Morgan fingerprint density at radius 3 is 2.75 bits per heavy atom. The van der Waals surface area contributed by atoms with Crippen molar-refractivity contribution in [2.75, 3.05) is 0 Å². The highest BCUT2D eigenvalue weighted by atomic mass is 16.3. The Bertz CT molecular complexity index is 422. The van der Waals surface area contributed by atoms with E-state index in [9.17, 15) is 4.79 Å². The summed E-state index contributed by atoms with van der Waals surface area (Å²) in [7, 11) is 0. The zero-order valence-electron chi connectivity index (χ0n) is 10.2. The summed E-state index contributed by atoms with van der Waals surface area (Å²) in [6, 6.07) is 3.51. The van der Waals surface area contributed by atoms with E-state index in [1.165, 1.54) is 12.0 Å². The Morgan fingerprint density at radius 1 is 1.44 bits per heavy atom. The molecule has 1 aromatic heterocycles. The third-order valence-electron chi connectivity index (χ3n) is 3.43. The molecule has 0 amide bonds. The molecule has 0 radical (unpaired) electrons. The van der Waals surface area contributed by atoms with E-state index in [1.54, 1.807) is 18.4 Å². The molecule has 86 valence electrons. The van der Waals surface area contributed by atoms with Crippen molar-refractivity contribution in [3.8, 4) is 0 Å². The molecule has 0 aliphatic heterocycles. The number of rotatable bonds is 2. The first-order valence-corrected chi connectivity index (χ1v) is 5.81. The van der Waals surface area contributed by atoms with Crippen molar-refractivity contribution in [2.24, 2.45) is 5.41 Å². The second kappa shape index (κ2) is 3.93. The van der Waals surface area contributed by atoms with Crippen molar-refractivity contribution in [3.05, 3.63) is 35.3 Å². The van der Waals surface area contributed by atoms with E-state index in [4.69, 9.17) is 4.42 Å². The van der Waals surface area contributed by atoms with Crippen LogP contribution in [0.1, 0.15) is 50.6 Å². The molecule has 1 aromatic rings. The van der Waals surface area contributed by atoms with Gasteiger partial charge in [0.2, 0.25) is 5.78 Å². The van der Waals surface area contributed by atoms with E-state index in [0.29, 0.717) is 5.76 Å². The van der Waals surface area contributed by atoms with Gasteiger partial charge in [-0.2, -0.15) is 0 Å². The quantitative estimate of drug-likeness (QED) is 0.702. The van der Waals surface area contributed by atoms with Crippen LogP contribution in [0.2, 0.25) is 0 Å². The Labute approximate surface area is 96.3 Å². The third-order valence-corrected chi connectivity index (χ3v) is 3.43. The molecule has 16 heavy (non-hydrogen) atoms. The smallest absolute Gasteiger partial charge is 0.224 e. The van der Waals surface area contributed by atoms with Gasteiger partial charge in [-0.3, -0.25) is 4.79 Å². The highest BCUT2D eigenvalue weighted by Crippen LogP contribution is 2.41. The molecule has 1 heterocycles. The van der Waals surface area contributed by atoms with Gasteiger partial charge in [0.05, 0.1) is 6.26 Å². The summed E-state index contributed by atoms with van der Waals surface area (Å²) in [6.45, 7) is 6.36. The SMILES string of the molecule is CC1=C(C(=O)c2ccco2)C(C)(C)CCC1. The van der Waals surface area contributed by atoms with Crippen molar-refractivity contribution in [1.82, 2.24) is 0 Å². The molecule has 2 rings (SSSR count). The minimum absolute atomic E-state index is 0.0216. The van der Waals surface area contributed by atoms with Crippen molar-refractivity contribution in [2.45, 2.75) is 40.0 Å². The van der Waals surface area contributed by atoms with Crippen LogP contribution in [0.5, 0.6) is 0 Å². The van der Waals surface area contributed by atoms with Gasteiger partial charge in [-0.15, -0.1) is 0 Å². The molecule has 0 spiro atoms. The van der Waals surface area contributed by atoms with Crippen LogP contribution in [0.4, 0.5) is 0 Å². The maximum absolute atomic E-state index is 12.3. The average molecular weight is 218 g/mol. The predicted octanol–water partition coefficient (Wildman–Crippen LogP) is 3.99. The number of furan rings is 1. The van der Waals surface area contributed by atoms with Crippen LogP contribution in [0.15, 0.2) is 34.0 Å². The van der Waals surface area contributed by atoms with Crippen molar-refractivity contribution in [3.63, 3.8) is 0 Å². The summed E-state index contributed by atoms with van der Waals surface area (Å²) in [6.07, 6.45) is 4.84. The predicted molar refractivity (Wildman–Crippen MR) is 63.4 cm³/mol. The summed E-state index contributed by atoms with van der Waals surface area (Å²) in [5.74, 6) is 0.525. The minimum Gasteiger partial charge on any atom is -0.461 e. The van der Waals surface area contributed by atoms with Crippen molar-refractivity contribution in [1.29, 1.82) is 0 Å². The number of hydrogen-bond acceptors (Lipinski definition) is 2. The fourth-order valence-electron chi connectivity index (χ4n) is 2.66.